The Morgan fingerprint density at radius 2 is 1.44 bits per heavy atom. The lowest BCUT2D eigenvalue weighted by Crippen LogP contribution is -2.02. The van der Waals surface area contributed by atoms with Crippen molar-refractivity contribution < 1.29 is 23.9 Å². The zero-order chi connectivity index (χ0) is 28.9. The molecule has 0 radical (unpaired) electrons. The van der Waals surface area contributed by atoms with Gasteiger partial charge in [-0.1, -0.05) is 84.7 Å². The van der Waals surface area contributed by atoms with Crippen LogP contribution in [0.5, 0.6) is 11.5 Å². The molecule has 0 atom stereocenters. The molecule has 1 heterocycles. The number of hydrogen-bond donors (Lipinski definition) is 1. The molecule has 208 valence electrons. The van der Waals surface area contributed by atoms with E-state index in [4.69, 9.17) is 42.3 Å². The van der Waals surface area contributed by atoms with Gasteiger partial charge >= 0.3 is 5.97 Å². The van der Waals surface area contributed by atoms with E-state index in [0.717, 1.165) is 33.8 Å². The molecular formula is C33H27Cl2NO5. The quantitative estimate of drug-likeness (QED) is 0.175. The number of ether oxygens (including phenoxy) is 2. The summed E-state index contributed by atoms with van der Waals surface area (Å²) in [6, 6.07) is 27.5. The maximum absolute atomic E-state index is 11.1. The van der Waals surface area contributed by atoms with Gasteiger partial charge in [-0.05, 0) is 65.2 Å². The lowest BCUT2D eigenvalue weighted by molar-refractivity contribution is 0.0697. The maximum Gasteiger partial charge on any atom is 0.335 e. The summed E-state index contributed by atoms with van der Waals surface area (Å²) in [4.78, 5) is 11.1. The van der Waals surface area contributed by atoms with Crippen molar-refractivity contribution in [3.05, 3.63) is 123 Å². The number of carboxylic acids is 1. The molecule has 0 aliphatic carbocycles. The van der Waals surface area contributed by atoms with Crippen LogP contribution in [-0.4, -0.2) is 16.2 Å². The SMILES string of the molecule is CC(C)c1onc(-c2c(Cl)cccc2Cl)c1COc1cccc(COc2ccc(-c3ccc(C(=O)O)cc3)cc2)c1. The first kappa shape index (κ1) is 28.3. The number of carboxylic acid groups (broad SMARTS) is 1. The van der Waals surface area contributed by atoms with Gasteiger partial charge in [0, 0.05) is 11.5 Å². The van der Waals surface area contributed by atoms with E-state index in [2.05, 4.69) is 5.16 Å². The van der Waals surface area contributed by atoms with Crippen LogP contribution in [0.1, 0.15) is 47.0 Å². The monoisotopic (exact) mass is 587 g/mol. The maximum atomic E-state index is 11.1. The van der Waals surface area contributed by atoms with Crippen LogP contribution in [-0.2, 0) is 13.2 Å². The number of nitrogens with zero attached hydrogens (tertiary/aromatic N) is 1. The van der Waals surface area contributed by atoms with Gasteiger partial charge in [0.1, 0.15) is 36.2 Å². The lowest BCUT2D eigenvalue weighted by atomic mass is 10.0. The zero-order valence-corrected chi connectivity index (χ0v) is 23.9. The van der Waals surface area contributed by atoms with Crippen molar-refractivity contribution in [1.29, 1.82) is 0 Å². The van der Waals surface area contributed by atoms with Crippen LogP contribution in [0.25, 0.3) is 22.4 Å². The van der Waals surface area contributed by atoms with Gasteiger partial charge in [-0.3, -0.25) is 0 Å². The zero-order valence-electron chi connectivity index (χ0n) is 22.4. The Kier molecular flexibility index (Phi) is 8.62. The molecule has 0 spiro atoms. The van der Waals surface area contributed by atoms with Crippen molar-refractivity contribution in [2.45, 2.75) is 33.0 Å². The molecule has 5 aromatic rings. The molecule has 5 rings (SSSR count). The minimum Gasteiger partial charge on any atom is -0.489 e. The third-order valence-corrected chi connectivity index (χ3v) is 7.18. The number of aromatic carboxylic acids is 1. The highest BCUT2D eigenvalue weighted by Crippen LogP contribution is 2.39. The van der Waals surface area contributed by atoms with Crippen LogP contribution < -0.4 is 9.47 Å². The fourth-order valence-electron chi connectivity index (χ4n) is 4.43. The van der Waals surface area contributed by atoms with Gasteiger partial charge in [0.15, 0.2) is 0 Å². The van der Waals surface area contributed by atoms with Gasteiger partial charge in [-0.2, -0.15) is 0 Å². The first-order valence-corrected chi connectivity index (χ1v) is 13.8. The molecular weight excluding hydrogens is 561 g/mol. The molecule has 0 bridgehead atoms. The van der Waals surface area contributed by atoms with Crippen LogP contribution in [0.2, 0.25) is 10.0 Å². The third-order valence-electron chi connectivity index (χ3n) is 6.55. The topological polar surface area (TPSA) is 81.8 Å². The molecule has 8 heteroatoms. The average molecular weight is 588 g/mol. The molecule has 6 nitrogen and oxygen atoms in total. The lowest BCUT2D eigenvalue weighted by Gasteiger charge is -2.12. The van der Waals surface area contributed by atoms with E-state index in [-0.39, 0.29) is 18.1 Å². The fraction of sp³-hybridized carbons (Fsp3) is 0.152. The Balaban J connectivity index is 1.25. The molecule has 0 saturated heterocycles. The van der Waals surface area contributed by atoms with Crippen molar-refractivity contribution in [3.63, 3.8) is 0 Å². The molecule has 41 heavy (non-hydrogen) atoms. The summed E-state index contributed by atoms with van der Waals surface area (Å²) in [5, 5.41) is 14.4. The van der Waals surface area contributed by atoms with E-state index in [1.54, 1.807) is 42.5 Å². The van der Waals surface area contributed by atoms with E-state index < -0.39 is 5.97 Å². The largest absolute Gasteiger partial charge is 0.489 e. The summed E-state index contributed by atoms with van der Waals surface area (Å²) in [6.07, 6.45) is 0. The van der Waals surface area contributed by atoms with Crippen molar-refractivity contribution in [1.82, 2.24) is 5.16 Å². The number of hydrogen-bond acceptors (Lipinski definition) is 5. The highest BCUT2D eigenvalue weighted by atomic mass is 35.5. The van der Waals surface area contributed by atoms with E-state index in [0.29, 0.717) is 33.7 Å². The number of benzene rings is 4. The molecule has 0 aliphatic heterocycles. The van der Waals surface area contributed by atoms with Crippen molar-refractivity contribution in [2.75, 3.05) is 0 Å². The van der Waals surface area contributed by atoms with Gasteiger partial charge in [0.05, 0.1) is 21.2 Å². The van der Waals surface area contributed by atoms with Crippen molar-refractivity contribution >= 4 is 29.2 Å². The van der Waals surface area contributed by atoms with E-state index >= 15 is 0 Å². The summed E-state index contributed by atoms with van der Waals surface area (Å²) in [6.45, 7) is 4.64. The predicted molar refractivity (Wildman–Crippen MR) is 160 cm³/mol. The average Bonchev–Trinajstić information content (AvgIpc) is 3.39. The fourth-order valence-corrected chi connectivity index (χ4v) is 5.01. The molecule has 0 amide bonds. The molecule has 1 aromatic heterocycles. The molecule has 0 unspecified atom stereocenters. The molecule has 0 saturated carbocycles. The first-order chi connectivity index (χ1) is 19.8. The number of rotatable bonds is 10. The standard InChI is InChI=1S/C33H27Cl2NO5/c1-20(2)32-27(31(36-41-32)30-28(34)7-4-8-29(30)35)19-40-26-6-3-5-21(17-26)18-39-25-15-13-23(14-16-25)22-9-11-24(12-10-22)33(37)38/h3-17,20H,18-19H2,1-2H3,(H,37,38). The Labute approximate surface area is 248 Å². The number of aromatic nitrogens is 1. The number of halogens is 2. The Morgan fingerprint density at radius 3 is 2.07 bits per heavy atom. The second-order valence-electron chi connectivity index (χ2n) is 9.76. The second-order valence-corrected chi connectivity index (χ2v) is 10.6. The van der Waals surface area contributed by atoms with Gasteiger partial charge in [-0.25, -0.2) is 4.79 Å². The minimum atomic E-state index is -0.944. The highest BCUT2D eigenvalue weighted by Gasteiger charge is 2.23. The van der Waals surface area contributed by atoms with Gasteiger partial charge < -0.3 is 19.1 Å². The second kappa shape index (κ2) is 12.5. The predicted octanol–water partition coefficient (Wildman–Crippen LogP) is 9.30. The molecule has 1 N–H and O–H groups in total. The van der Waals surface area contributed by atoms with E-state index in [1.165, 1.54) is 0 Å². The molecule has 4 aromatic carbocycles. The van der Waals surface area contributed by atoms with Crippen LogP contribution in [0.15, 0.2) is 95.5 Å². The highest BCUT2D eigenvalue weighted by molar-refractivity contribution is 6.39. The number of carbonyl (C=O) groups is 1. The van der Waals surface area contributed by atoms with Crippen LogP contribution in [0.3, 0.4) is 0 Å². The van der Waals surface area contributed by atoms with Crippen LogP contribution in [0.4, 0.5) is 0 Å². The van der Waals surface area contributed by atoms with Crippen LogP contribution in [0, 0.1) is 0 Å². The molecule has 0 aliphatic rings. The minimum absolute atomic E-state index is 0.0892. The summed E-state index contributed by atoms with van der Waals surface area (Å²) >= 11 is 12.9. The Hall–Kier alpha value is -4.26. The van der Waals surface area contributed by atoms with Gasteiger partial charge in [-0.15, -0.1) is 0 Å². The summed E-state index contributed by atoms with van der Waals surface area (Å²) in [5.74, 6) is 1.26. The van der Waals surface area contributed by atoms with E-state index in [1.807, 2.05) is 62.4 Å². The smallest absolute Gasteiger partial charge is 0.335 e. The summed E-state index contributed by atoms with van der Waals surface area (Å²) in [7, 11) is 0. The van der Waals surface area contributed by atoms with Crippen molar-refractivity contribution in [2.24, 2.45) is 0 Å². The van der Waals surface area contributed by atoms with Gasteiger partial charge in [0.2, 0.25) is 0 Å². The first-order valence-electron chi connectivity index (χ1n) is 13.0. The van der Waals surface area contributed by atoms with E-state index in [9.17, 15) is 4.79 Å². The summed E-state index contributed by atoms with van der Waals surface area (Å²) < 4.78 is 17.9. The van der Waals surface area contributed by atoms with Crippen molar-refractivity contribution in [3.8, 4) is 33.9 Å². The Morgan fingerprint density at radius 1 is 0.829 bits per heavy atom. The Bertz CT molecular complexity index is 1640. The van der Waals surface area contributed by atoms with Crippen LogP contribution >= 0.6 is 23.2 Å². The molecule has 0 fully saturated rings. The van der Waals surface area contributed by atoms with Gasteiger partial charge in [0.25, 0.3) is 0 Å². The normalized spacial score (nSPS) is 11.0. The third kappa shape index (κ3) is 6.56. The summed E-state index contributed by atoms with van der Waals surface area (Å²) in [5.41, 5.74) is 5.10.